The van der Waals surface area contributed by atoms with E-state index in [-0.39, 0.29) is 5.57 Å². The van der Waals surface area contributed by atoms with Crippen LogP contribution < -0.4 is 19.5 Å². The van der Waals surface area contributed by atoms with E-state index in [9.17, 15) is 10.1 Å². The van der Waals surface area contributed by atoms with Crippen LogP contribution in [0.1, 0.15) is 18.9 Å². The molecule has 2 aromatic carbocycles. The van der Waals surface area contributed by atoms with Crippen LogP contribution in [0, 0.1) is 11.3 Å². The van der Waals surface area contributed by atoms with Gasteiger partial charge in [0, 0.05) is 11.6 Å². The van der Waals surface area contributed by atoms with Crippen LogP contribution >= 0.6 is 0 Å². The first kappa shape index (κ1) is 19.9. The number of methoxy groups -OCH3 is 2. The van der Waals surface area contributed by atoms with E-state index in [1.165, 1.54) is 13.2 Å². The van der Waals surface area contributed by atoms with E-state index in [1.54, 1.807) is 37.4 Å². The zero-order chi connectivity index (χ0) is 19.6. The van der Waals surface area contributed by atoms with E-state index < -0.39 is 5.91 Å². The highest BCUT2D eigenvalue weighted by Gasteiger charge is 2.14. The number of ether oxygens (including phenoxy) is 3. The molecule has 0 spiro atoms. The molecular formula is C21H22N2O4. The number of nitrogens with one attached hydrogen (secondary N) is 1. The molecule has 27 heavy (non-hydrogen) atoms. The minimum atomic E-state index is -0.536. The summed E-state index contributed by atoms with van der Waals surface area (Å²) in [5, 5.41) is 12.1. The Bertz CT molecular complexity index is 869. The summed E-state index contributed by atoms with van der Waals surface area (Å²) < 4.78 is 16.1. The van der Waals surface area contributed by atoms with E-state index >= 15 is 0 Å². The normalized spacial score (nSPS) is 10.7. The molecular weight excluding hydrogens is 344 g/mol. The molecule has 0 radical (unpaired) electrons. The van der Waals surface area contributed by atoms with Gasteiger partial charge in [-0.2, -0.15) is 5.26 Å². The molecule has 0 bridgehead atoms. The molecule has 0 atom stereocenters. The first-order valence-electron chi connectivity index (χ1n) is 8.50. The first-order valence-corrected chi connectivity index (χ1v) is 8.50. The quantitative estimate of drug-likeness (QED) is 0.563. The summed E-state index contributed by atoms with van der Waals surface area (Å²) in [6, 6.07) is 14.2. The maximum Gasteiger partial charge on any atom is 0.266 e. The fraction of sp³-hybridized carbons (Fsp3) is 0.238. The third-order valence-corrected chi connectivity index (χ3v) is 3.70. The van der Waals surface area contributed by atoms with Crippen molar-refractivity contribution < 1.29 is 19.0 Å². The minimum absolute atomic E-state index is 0.0413. The molecule has 0 aromatic heterocycles. The molecule has 6 heteroatoms. The highest BCUT2D eigenvalue weighted by molar-refractivity contribution is 6.10. The molecule has 1 N–H and O–H groups in total. The van der Waals surface area contributed by atoms with Crippen molar-refractivity contribution in [1.82, 2.24) is 0 Å². The molecule has 0 aliphatic carbocycles. The second-order valence-corrected chi connectivity index (χ2v) is 5.58. The van der Waals surface area contributed by atoms with Gasteiger partial charge in [-0.15, -0.1) is 0 Å². The van der Waals surface area contributed by atoms with Crippen LogP contribution in [0.5, 0.6) is 17.2 Å². The molecule has 0 saturated carbocycles. The second-order valence-electron chi connectivity index (χ2n) is 5.58. The van der Waals surface area contributed by atoms with Gasteiger partial charge in [-0.25, -0.2) is 0 Å². The fourth-order valence-electron chi connectivity index (χ4n) is 2.34. The number of rotatable bonds is 8. The lowest BCUT2D eigenvalue weighted by molar-refractivity contribution is -0.112. The zero-order valence-electron chi connectivity index (χ0n) is 15.6. The topological polar surface area (TPSA) is 80.6 Å². The Morgan fingerprint density at radius 3 is 2.59 bits per heavy atom. The predicted octanol–water partition coefficient (Wildman–Crippen LogP) is 4.04. The molecule has 6 nitrogen and oxygen atoms in total. The van der Waals surface area contributed by atoms with Gasteiger partial charge in [-0.1, -0.05) is 25.1 Å². The van der Waals surface area contributed by atoms with E-state index in [2.05, 4.69) is 5.32 Å². The van der Waals surface area contributed by atoms with Crippen molar-refractivity contribution in [1.29, 1.82) is 5.26 Å². The minimum Gasteiger partial charge on any atom is -0.497 e. The van der Waals surface area contributed by atoms with Crippen LogP contribution in [0.2, 0.25) is 0 Å². The Balaban J connectivity index is 2.27. The Morgan fingerprint density at radius 1 is 1.15 bits per heavy atom. The first-order chi connectivity index (χ1) is 13.1. The number of amides is 1. The van der Waals surface area contributed by atoms with Gasteiger partial charge in [0.2, 0.25) is 0 Å². The number of nitrogens with zero attached hydrogens (tertiary/aromatic N) is 1. The zero-order valence-corrected chi connectivity index (χ0v) is 15.6. The number of nitriles is 1. The Labute approximate surface area is 159 Å². The summed E-state index contributed by atoms with van der Waals surface area (Å²) in [5.74, 6) is 1.13. The van der Waals surface area contributed by atoms with Crippen molar-refractivity contribution in [2.45, 2.75) is 13.3 Å². The van der Waals surface area contributed by atoms with Gasteiger partial charge in [-0.3, -0.25) is 4.79 Å². The third kappa shape index (κ3) is 5.25. The van der Waals surface area contributed by atoms with Gasteiger partial charge in [0.05, 0.1) is 26.5 Å². The molecule has 1 amide bonds. The highest BCUT2D eigenvalue weighted by Crippen LogP contribution is 2.29. The summed E-state index contributed by atoms with van der Waals surface area (Å²) in [6.45, 7) is 2.57. The number of carbonyl (C=O) groups excluding carboxylic acids is 1. The molecule has 0 unspecified atom stereocenters. The lowest BCUT2D eigenvalue weighted by atomic mass is 10.1. The van der Waals surface area contributed by atoms with Crippen LogP contribution in [-0.2, 0) is 4.79 Å². The lowest BCUT2D eigenvalue weighted by Crippen LogP contribution is -2.14. The summed E-state index contributed by atoms with van der Waals surface area (Å²) in [4.78, 5) is 12.6. The number of hydrogen-bond acceptors (Lipinski definition) is 5. The van der Waals surface area contributed by atoms with Gasteiger partial charge >= 0.3 is 0 Å². The summed E-state index contributed by atoms with van der Waals surface area (Å²) >= 11 is 0. The van der Waals surface area contributed by atoms with E-state index in [1.807, 2.05) is 25.1 Å². The number of hydrogen-bond donors (Lipinski definition) is 1. The summed E-state index contributed by atoms with van der Waals surface area (Å²) in [6.07, 6.45) is 2.37. The number of para-hydroxylation sites is 1. The average Bonchev–Trinajstić information content (AvgIpc) is 2.71. The number of benzene rings is 2. The van der Waals surface area contributed by atoms with Crippen molar-refractivity contribution in [3.63, 3.8) is 0 Å². The van der Waals surface area contributed by atoms with Crippen molar-refractivity contribution in [2.75, 3.05) is 26.1 Å². The van der Waals surface area contributed by atoms with Crippen molar-refractivity contribution in [3.05, 3.63) is 53.6 Å². The van der Waals surface area contributed by atoms with Crippen molar-refractivity contribution in [2.24, 2.45) is 0 Å². The average molecular weight is 366 g/mol. The third-order valence-electron chi connectivity index (χ3n) is 3.70. The van der Waals surface area contributed by atoms with Crippen LogP contribution in [0.25, 0.3) is 6.08 Å². The van der Waals surface area contributed by atoms with E-state index in [4.69, 9.17) is 14.2 Å². The molecule has 0 fully saturated rings. The molecule has 0 saturated heterocycles. The maximum atomic E-state index is 12.6. The second kappa shape index (κ2) is 9.88. The van der Waals surface area contributed by atoms with Gasteiger partial charge in [0.15, 0.2) is 0 Å². The molecule has 2 rings (SSSR count). The van der Waals surface area contributed by atoms with Crippen LogP contribution in [0.4, 0.5) is 5.69 Å². The highest BCUT2D eigenvalue weighted by atomic mass is 16.5. The molecule has 0 aliphatic rings. The Hall–Kier alpha value is -3.46. The van der Waals surface area contributed by atoms with Crippen LogP contribution in [0.15, 0.2) is 48.0 Å². The number of anilines is 1. The smallest absolute Gasteiger partial charge is 0.266 e. The fourth-order valence-corrected chi connectivity index (χ4v) is 2.34. The molecule has 0 heterocycles. The van der Waals surface area contributed by atoms with E-state index in [0.29, 0.717) is 35.1 Å². The molecule has 140 valence electrons. The Kier molecular flexibility index (Phi) is 7.26. The Morgan fingerprint density at radius 2 is 1.93 bits per heavy atom. The lowest BCUT2D eigenvalue weighted by Gasteiger charge is -2.12. The molecule has 2 aromatic rings. The standard InChI is InChI=1S/C21H22N2O4/c1-4-11-27-19-8-6-5-7-15(19)12-16(14-22)21(24)23-18-10-9-17(25-2)13-20(18)26-3/h5-10,12-13H,4,11H2,1-3H3,(H,23,24)/b16-12+. The van der Waals surface area contributed by atoms with Crippen LogP contribution in [-0.4, -0.2) is 26.7 Å². The maximum absolute atomic E-state index is 12.6. The number of carbonyl (C=O) groups is 1. The predicted molar refractivity (Wildman–Crippen MR) is 104 cm³/mol. The van der Waals surface area contributed by atoms with Gasteiger partial charge < -0.3 is 19.5 Å². The van der Waals surface area contributed by atoms with Crippen LogP contribution in [0.3, 0.4) is 0 Å². The monoisotopic (exact) mass is 366 g/mol. The van der Waals surface area contributed by atoms with Crippen molar-refractivity contribution >= 4 is 17.7 Å². The summed E-state index contributed by atoms with van der Waals surface area (Å²) in [5.41, 5.74) is 1.07. The SMILES string of the molecule is CCCOc1ccccc1/C=C(\C#N)C(=O)Nc1ccc(OC)cc1OC. The molecule has 0 aliphatic heterocycles. The largest absolute Gasteiger partial charge is 0.497 e. The van der Waals surface area contributed by atoms with Gasteiger partial charge in [0.25, 0.3) is 5.91 Å². The van der Waals surface area contributed by atoms with Crippen molar-refractivity contribution in [3.8, 4) is 23.3 Å². The van der Waals surface area contributed by atoms with Gasteiger partial charge in [0.1, 0.15) is 28.9 Å². The van der Waals surface area contributed by atoms with E-state index in [0.717, 1.165) is 6.42 Å². The summed E-state index contributed by atoms with van der Waals surface area (Å²) in [7, 11) is 3.04. The van der Waals surface area contributed by atoms with Gasteiger partial charge in [-0.05, 0) is 30.7 Å².